The Morgan fingerprint density at radius 3 is 1.15 bits per heavy atom. The van der Waals surface area contributed by atoms with Crippen molar-refractivity contribution in [2.24, 2.45) is 0 Å². The van der Waals surface area contributed by atoms with Gasteiger partial charge in [0.2, 0.25) is 0 Å². The molecule has 5 nitrogen and oxygen atoms in total. The summed E-state index contributed by atoms with van der Waals surface area (Å²) in [6.45, 7) is 7.62. The summed E-state index contributed by atoms with van der Waals surface area (Å²) in [5.41, 5.74) is 0. The van der Waals surface area contributed by atoms with Crippen molar-refractivity contribution in [1.29, 1.82) is 0 Å². The molecular formula is C63H108O5. The van der Waals surface area contributed by atoms with E-state index in [9.17, 15) is 9.59 Å². The zero-order valence-corrected chi connectivity index (χ0v) is 44.8. The summed E-state index contributed by atoms with van der Waals surface area (Å²) in [4.78, 5) is 25.5. The Morgan fingerprint density at radius 2 is 0.676 bits per heavy atom. The number of rotatable bonds is 52. The Hall–Kier alpha value is -3.18. The number of carbonyl (C=O) groups excluding carboxylic acids is 2. The van der Waals surface area contributed by atoms with E-state index in [1.807, 2.05) is 0 Å². The maximum Gasteiger partial charge on any atom is 0.306 e. The first-order chi connectivity index (χ1) is 33.6. The van der Waals surface area contributed by atoms with Gasteiger partial charge in [0.05, 0.1) is 6.61 Å². The van der Waals surface area contributed by atoms with Crippen LogP contribution in [0.25, 0.3) is 0 Å². The maximum absolute atomic E-state index is 12.8. The van der Waals surface area contributed by atoms with E-state index in [1.165, 1.54) is 148 Å². The predicted octanol–water partition coefficient (Wildman–Crippen LogP) is 19.8. The van der Waals surface area contributed by atoms with Crippen LogP contribution < -0.4 is 0 Å². The number of hydrogen-bond donors (Lipinski definition) is 0. The van der Waals surface area contributed by atoms with Crippen molar-refractivity contribution in [3.8, 4) is 0 Å². The maximum atomic E-state index is 12.8. The van der Waals surface area contributed by atoms with Gasteiger partial charge < -0.3 is 14.2 Å². The first-order valence-electron chi connectivity index (χ1n) is 28.8. The highest BCUT2D eigenvalue weighted by molar-refractivity contribution is 5.70. The van der Waals surface area contributed by atoms with Crippen molar-refractivity contribution in [1.82, 2.24) is 0 Å². The average molecular weight is 946 g/mol. The number of ether oxygens (including phenoxy) is 3. The third-order valence-corrected chi connectivity index (χ3v) is 12.1. The van der Waals surface area contributed by atoms with Crippen LogP contribution in [0.15, 0.2) is 97.2 Å². The van der Waals surface area contributed by atoms with Crippen LogP contribution in [0.2, 0.25) is 0 Å². The predicted molar refractivity (Wildman–Crippen MR) is 297 cm³/mol. The van der Waals surface area contributed by atoms with E-state index in [0.29, 0.717) is 19.4 Å². The number of esters is 2. The van der Waals surface area contributed by atoms with Gasteiger partial charge in [-0.1, -0.05) is 234 Å². The first kappa shape index (κ1) is 64.8. The fourth-order valence-corrected chi connectivity index (χ4v) is 7.81. The number of unbranched alkanes of at least 4 members (excludes halogenated alkanes) is 25. The lowest BCUT2D eigenvalue weighted by molar-refractivity contribution is -0.162. The molecule has 390 valence electrons. The van der Waals surface area contributed by atoms with Gasteiger partial charge in [-0.05, 0) is 116 Å². The first-order valence-corrected chi connectivity index (χ1v) is 28.8. The summed E-state index contributed by atoms with van der Waals surface area (Å²) < 4.78 is 17.4. The minimum Gasteiger partial charge on any atom is -0.462 e. The van der Waals surface area contributed by atoms with Crippen LogP contribution in [0.3, 0.4) is 0 Å². The minimum atomic E-state index is -0.576. The highest BCUT2D eigenvalue weighted by Gasteiger charge is 2.17. The van der Waals surface area contributed by atoms with Crippen molar-refractivity contribution < 1.29 is 23.8 Å². The van der Waals surface area contributed by atoms with E-state index < -0.39 is 6.10 Å². The van der Waals surface area contributed by atoms with Crippen molar-refractivity contribution >= 4 is 11.9 Å². The lowest BCUT2D eigenvalue weighted by Gasteiger charge is -2.18. The van der Waals surface area contributed by atoms with Gasteiger partial charge in [0.1, 0.15) is 6.61 Å². The molecule has 0 aliphatic carbocycles. The second kappa shape index (κ2) is 58.1. The molecule has 0 rings (SSSR count). The van der Waals surface area contributed by atoms with Gasteiger partial charge in [0, 0.05) is 19.4 Å². The quantitative estimate of drug-likeness (QED) is 0.0345. The Bertz CT molecular complexity index is 1300. The van der Waals surface area contributed by atoms with Crippen LogP contribution in [0, 0.1) is 0 Å². The molecule has 0 radical (unpaired) electrons. The molecule has 0 saturated heterocycles. The molecule has 0 aliphatic heterocycles. The number of carbonyl (C=O) groups is 2. The molecule has 0 fully saturated rings. The topological polar surface area (TPSA) is 61.8 Å². The monoisotopic (exact) mass is 945 g/mol. The van der Waals surface area contributed by atoms with Gasteiger partial charge in [-0.3, -0.25) is 9.59 Å². The van der Waals surface area contributed by atoms with E-state index in [4.69, 9.17) is 14.2 Å². The fraction of sp³-hybridized carbons (Fsp3) is 0.714. The highest BCUT2D eigenvalue weighted by atomic mass is 16.6. The van der Waals surface area contributed by atoms with Crippen LogP contribution in [0.1, 0.15) is 265 Å². The molecule has 0 spiro atoms. The third-order valence-electron chi connectivity index (χ3n) is 12.1. The summed E-state index contributed by atoms with van der Waals surface area (Å²) >= 11 is 0. The van der Waals surface area contributed by atoms with Crippen molar-refractivity contribution in [2.75, 3.05) is 19.8 Å². The standard InChI is InChI=1S/C63H108O5/c1-4-7-10-13-16-19-22-25-28-31-32-34-35-38-41-44-47-50-53-56-62(64)67-60-61(59-66-58-55-52-49-46-43-40-37-30-27-24-21-18-15-12-9-6-3)68-63(65)57-54-51-48-45-42-39-36-33-29-26-23-20-17-14-11-8-5-2/h8,11,16-17,19-20,25-30,36,39,45,48,61H,4-7,9-10,12-15,18,21-24,31-35,37-38,40-44,46-47,49-60H2,1-3H3/b11-8-,19-16-,20-17-,28-25-,29-26-,30-27-,39-36-,48-45-. The van der Waals surface area contributed by atoms with Crippen LogP contribution in [0.5, 0.6) is 0 Å². The molecular weight excluding hydrogens is 837 g/mol. The van der Waals surface area contributed by atoms with Crippen LogP contribution >= 0.6 is 0 Å². The van der Waals surface area contributed by atoms with Crippen molar-refractivity contribution in [2.45, 2.75) is 271 Å². The Kier molecular flexibility index (Phi) is 55.4. The molecule has 0 aromatic heterocycles. The van der Waals surface area contributed by atoms with Gasteiger partial charge in [-0.2, -0.15) is 0 Å². The summed E-state index contributed by atoms with van der Waals surface area (Å²) in [6, 6.07) is 0. The summed E-state index contributed by atoms with van der Waals surface area (Å²) in [5, 5.41) is 0. The van der Waals surface area contributed by atoms with Gasteiger partial charge in [-0.25, -0.2) is 0 Å². The van der Waals surface area contributed by atoms with Crippen LogP contribution in [0.4, 0.5) is 0 Å². The van der Waals surface area contributed by atoms with E-state index in [2.05, 4.69) is 118 Å². The number of hydrogen-bond acceptors (Lipinski definition) is 5. The molecule has 0 aromatic rings. The molecule has 0 N–H and O–H groups in total. The lowest BCUT2D eigenvalue weighted by atomic mass is 10.1. The zero-order valence-electron chi connectivity index (χ0n) is 44.8. The second-order valence-electron chi connectivity index (χ2n) is 18.8. The van der Waals surface area contributed by atoms with Crippen molar-refractivity contribution in [3.63, 3.8) is 0 Å². The van der Waals surface area contributed by atoms with E-state index in [-0.39, 0.29) is 25.2 Å². The van der Waals surface area contributed by atoms with Crippen molar-refractivity contribution in [3.05, 3.63) is 97.2 Å². The largest absolute Gasteiger partial charge is 0.462 e. The molecule has 1 atom stereocenters. The van der Waals surface area contributed by atoms with Gasteiger partial charge in [0.15, 0.2) is 6.10 Å². The average Bonchev–Trinajstić information content (AvgIpc) is 3.34. The summed E-state index contributed by atoms with van der Waals surface area (Å²) in [6.07, 6.45) is 78.6. The van der Waals surface area contributed by atoms with Gasteiger partial charge in [0.25, 0.3) is 0 Å². The molecule has 0 saturated carbocycles. The minimum absolute atomic E-state index is 0.0543. The van der Waals surface area contributed by atoms with Crippen LogP contribution in [-0.4, -0.2) is 37.9 Å². The smallest absolute Gasteiger partial charge is 0.306 e. The lowest BCUT2D eigenvalue weighted by Crippen LogP contribution is -2.30. The molecule has 0 amide bonds. The van der Waals surface area contributed by atoms with Gasteiger partial charge in [-0.15, -0.1) is 0 Å². The number of allylic oxidation sites excluding steroid dienone is 16. The highest BCUT2D eigenvalue weighted by Crippen LogP contribution is 2.14. The SMILES string of the molecule is CC/C=C\C/C=C\C/C=C\C/C=C\C/C=C\CCCC(=O)OC(COCCCCCCCC/C=C\CCCCCCCC)COC(=O)CCCCCCCCCCC/C=C\C/C=C\CCCCC. The molecule has 0 bridgehead atoms. The molecule has 0 aliphatic rings. The zero-order chi connectivity index (χ0) is 49.2. The molecule has 1 unspecified atom stereocenters. The third kappa shape index (κ3) is 55.4. The summed E-state index contributed by atoms with van der Waals surface area (Å²) in [5.74, 6) is -0.470. The van der Waals surface area contributed by atoms with Crippen LogP contribution in [-0.2, 0) is 23.8 Å². The Labute approximate surface area is 422 Å². The molecule has 0 aromatic carbocycles. The second-order valence-corrected chi connectivity index (χ2v) is 18.8. The van der Waals surface area contributed by atoms with E-state index in [1.54, 1.807) is 0 Å². The summed E-state index contributed by atoms with van der Waals surface area (Å²) in [7, 11) is 0. The fourth-order valence-electron chi connectivity index (χ4n) is 7.81. The molecule has 68 heavy (non-hydrogen) atoms. The molecule has 0 heterocycles. The van der Waals surface area contributed by atoms with Gasteiger partial charge >= 0.3 is 11.9 Å². The van der Waals surface area contributed by atoms with E-state index in [0.717, 1.165) is 83.5 Å². The molecule has 5 heteroatoms. The Morgan fingerprint density at radius 1 is 0.338 bits per heavy atom. The normalized spacial score (nSPS) is 12.9. The Balaban J connectivity index is 4.37. The van der Waals surface area contributed by atoms with E-state index >= 15 is 0 Å².